The van der Waals surface area contributed by atoms with Crippen molar-refractivity contribution < 1.29 is 40.5 Å². The fourth-order valence-electron chi connectivity index (χ4n) is 3.20. The number of H-pyrrole nitrogens is 1. The van der Waals surface area contributed by atoms with Crippen LogP contribution in [-0.4, -0.2) is 53.0 Å². The van der Waals surface area contributed by atoms with Gasteiger partial charge in [-0.2, -0.15) is 0 Å². The maximum absolute atomic E-state index is 15.3. The summed E-state index contributed by atoms with van der Waals surface area (Å²) in [4.78, 5) is 10.6. The molecule has 1 fully saturated rings. The van der Waals surface area contributed by atoms with Gasteiger partial charge < -0.3 is 24.1 Å². The summed E-state index contributed by atoms with van der Waals surface area (Å²) >= 11 is 0. The molecule has 33 heavy (non-hydrogen) atoms. The maximum Gasteiger partial charge on any atom is 0.230 e. The predicted octanol–water partition coefficient (Wildman–Crippen LogP) is 5.22. The molecule has 1 aliphatic rings. The molecule has 1 aliphatic heterocycles. The largest absolute Gasteiger partial charge is 0.493 e. The zero-order chi connectivity index (χ0) is 36.9. The number of benzene rings is 2. The van der Waals surface area contributed by atoms with Crippen LogP contribution in [0.1, 0.15) is 46.7 Å². The molecule has 8 heteroatoms. The smallest absolute Gasteiger partial charge is 0.230 e. The number of aromatic amines is 1. The van der Waals surface area contributed by atoms with Crippen molar-refractivity contribution in [1.29, 1.82) is 0 Å². The van der Waals surface area contributed by atoms with Crippen molar-refractivity contribution >= 4 is 21.8 Å². The predicted molar refractivity (Wildman–Crippen MR) is 125 cm³/mol. The molecule has 0 bridgehead atoms. The minimum absolute atomic E-state index is 0.107. The molecular formula is C25H27FN4O3. The van der Waals surface area contributed by atoms with E-state index in [1.54, 1.807) is 19.1 Å². The number of halogens is 1. The van der Waals surface area contributed by atoms with Gasteiger partial charge in [0, 0.05) is 44.2 Å². The molecule has 2 aromatic carbocycles. The van der Waals surface area contributed by atoms with E-state index in [1.165, 1.54) is 6.07 Å². The summed E-state index contributed by atoms with van der Waals surface area (Å²) in [5, 5.41) is 0.0994. The van der Waals surface area contributed by atoms with Crippen LogP contribution in [0.2, 0.25) is 0 Å². The topological polar surface area (TPSA) is 72.5 Å². The summed E-state index contributed by atoms with van der Waals surface area (Å²) in [6.07, 6.45) is -10.0. The second-order valence-electron chi connectivity index (χ2n) is 6.81. The van der Waals surface area contributed by atoms with Gasteiger partial charge in [-0.05, 0) is 63.3 Å². The lowest BCUT2D eigenvalue weighted by molar-refractivity contribution is 0.254. The number of nitrogens with one attached hydrogen (secondary N) is 1. The van der Waals surface area contributed by atoms with Crippen molar-refractivity contribution in [3.63, 3.8) is 0 Å². The number of fused-ring (bicyclic) bond motifs is 2. The monoisotopic (exact) mass is 466 g/mol. The van der Waals surface area contributed by atoms with Crippen molar-refractivity contribution in [2.24, 2.45) is 0 Å². The molecule has 0 spiro atoms. The van der Waals surface area contributed by atoms with Crippen LogP contribution in [0.5, 0.6) is 23.1 Å². The number of hydrogen-bond donors (Lipinski definition) is 1. The molecule has 1 unspecified atom stereocenters. The molecule has 2 aromatic heterocycles. The van der Waals surface area contributed by atoms with E-state index in [1.807, 2.05) is 0 Å². The van der Waals surface area contributed by atoms with Crippen molar-refractivity contribution in [2.75, 3.05) is 33.1 Å². The number of methoxy groups -OCH3 is 1. The lowest BCUT2D eigenvalue weighted by Gasteiger charge is -2.16. The van der Waals surface area contributed by atoms with E-state index in [0.29, 0.717) is 11.2 Å². The van der Waals surface area contributed by atoms with Crippen LogP contribution >= 0.6 is 0 Å². The molecular weight excluding hydrogens is 423 g/mol. The highest BCUT2D eigenvalue weighted by molar-refractivity contribution is 5.87. The van der Waals surface area contributed by atoms with Crippen LogP contribution in [0.15, 0.2) is 36.7 Å². The van der Waals surface area contributed by atoms with Crippen LogP contribution in [-0.2, 0) is 0 Å². The van der Waals surface area contributed by atoms with Gasteiger partial charge in [0.25, 0.3) is 0 Å². The van der Waals surface area contributed by atoms with E-state index >= 15 is 4.39 Å². The highest BCUT2D eigenvalue weighted by Crippen LogP contribution is 2.37. The van der Waals surface area contributed by atoms with E-state index in [2.05, 4.69) is 15.0 Å². The second kappa shape index (κ2) is 9.23. The number of aryl methyl sites for hydroxylation is 1. The zero-order valence-corrected chi connectivity index (χ0v) is 17.0. The molecule has 3 heterocycles. The average molecular weight is 467 g/mol. The fourth-order valence-corrected chi connectivity index (χ4v) is 3.20. The Balaban J connectivity index is 1.57. The van der Waals surface area contributed by atoms with Gasteiger partial charge in [0.2, 0.25) is 5.88 Å². The summed E-state index contributed by atoms with van der Waals surface area (Å²) in [5.41, 5.74) is 1.01. The molecule has 1 atom stereocenters. The molecule has 0 saturated carbocycles. The zero-order valence-electron chi connectivity index (χ0n) is 33.0. The first kappa shape index (κ1) is 9.85. The van der Waals surface area contributed by atoms with Gasteiger partial charge in [-0.1, -0.05) is 0 Å². The Morgan fingerprint density at radius 3 is 2.97 bits per heavy atom. The molecule has 1 saturated heterocycles. The van der Waals surface area contributed by atoms with Gasteiger partial charge in [0.15, 0.2) is 23.1 Å². The standard InChI is InChI=1S/C25H27FN4O3/c1-16-12-17-19(29-16)6-7-21(24(17)26)33-25-18-13-22(31-2)23(14-20(18)27-15-28-25)32-11-5-10-30-8-3-4-9-30/h6-7,12-15,29H,3-5,8-11H2,1-2H3/i2D3,3D2,4D2,5D2,8D,9D2,10D2,11D2. The van der Waals surface area contributed by atoms with E-state index in [9.17, 15) is 0 Å². The Bertz CT molecular complexity index is 1930. The molecule has 4 aromatic rings. The summed E-state index contributed by atoms with van der Waals surface area (Å²) in [6.45, 7) is -12.5. The van der Waals surface area contributed by atoms with Crippen LogP contribution in [0.4, 0.5) is 4.39 Å². The molecule has 1 N–H and O–H groups in total. The third-order valence-electron chi connectivity index (χ3n) is 4.65. The average Bonchev–Trinajstić information content (AvgIpc) is 3.38. The minimum atomic E-state index is -4.04. The summed E-state index contributed by atoms with van der Waals surface area (Å²) in [6, 6.07) is 6.21. The Labute approximate surface area is 214 Å². The van der Waals surface area contributed by atoms with Crippen LogP contribution in [0, 0.1) is 12.7 Å². The molecule has 0 amide bonds. The fraction of sp³-hybridized carbons (Fsp3) is 0.360. The van der Waals surface area contributed by atoms with Gasteiger partial charge in [-0.25, -0.2) is 14.4 Å². The molecule has 7 nitrogen and oxygen atoms in total. The van der Waals surface area contributed by atoms with Crippen molar-refractivity contribution in [3.8, 4) is 23.1 Å². The number of hydrogen-bond acceptors (Lipinski definition) is 6. The van der Waals surface area contributed by atoms with E-state index in [-0.39, 0.29) is 32.8 Å². The second-order valence-corrected chi connectivity index (χ2v) is 6.81. The lowest BCUT2D eigenvalue weighted by atomic mass is 10.2. The Kier molecular flexibility index (Phi) is 2.75. The number of nitrogens with zero attached hydrogens (tertiary/aromatic N) is 3. The number of likely N-dealkylation sites (tertiary alicyclic amines) is 1. The SMILES string of the molecule is [2H]C1N(C([2H])([2H])C([2H])([2H])C([2H])([2H])Oc2cc3ncnc(Oc4ccc5[nH]c(C)cc5c4F)c3cc2OC([2H])([2H])[2H])C([2H])([2H])C([2H])([2H])C1([2H])[2H]. The molecule has 0 radical (unpaired) electrons. The highest BCUT2D eigenvalue weighted by atomic mass is 19.1. The first-order valence-corrected chi connectivity index (χ1v) is 9.51. The van der Waals surface area contributed by atoms with Crippen LogP contribution in [0.25, 0.3) is 21.8 Å². The van der Waals surface area contributed by atoms with Crippen LogP contribution < -0.4 is 14.2 Å². The minimum Gasteiger partial charge on any atom is -0.493 e. The van der Waals surface area contributed by atoms with Gasteiger partial charge >= 0.3 is 0 Å². The van der Waals surface area contributed by atoms with Gasteiger partial charge in [-0.15, -0.1) is 0 Å². The van der Waals surface area contributed by atoms with E-state index < -0.39 is 69.5 Å². The quantitative estimate of drug-likeness (QED) is 0.384. The van der Waals surface area contributed by atoms with Crippen molar-refractivity contribution in [1.82, 2.24) is 19.9 Å². The lowest BCUT2D eigenvalue weighted by Crippen LogP contribution is -2.21. The Morgan fingerprint density at radius 1 is 1.18 bits per heavy atom. The van der Waals surface area contributed by atoms with Gasteiger partial charge in [-0.3, -0.25) is 0 Å². The maximum atomic E-state index is 15.3. The van der Waals surface area contributed by atoms with E-state index in [4.69, 9.17) is 36.1 Å². The third-order valence-corrected chi connectivity index (χ3v) is 4.65. The van der Waals surface area contributed by atoms with Crippen LogP contribution in [0.3, 0.4) is 0 Å². The Morgan fingerprint density at radius 2 is 2.12 bits per heavy atom. The first-order chi connectivity index (χ1) is 22.2. The highest BCUT2D eigenvalue weighted by Gasteiger charge is 2.17. The summed E-state index contributed by atoms with van der Waals surface area (Å²) < 4.78 is 161. The van der Waals surface area contributed by atoms with Crippen molar-refractivity contribution in [2.45, 2.75) is 26.0 Å². The Hall–Kier alpha value is -3.39. The normalized spacial score (nSPS) is 29.9. The first-order valence-electron chi connectivity index (χ1n) is 17.6. The molecule has 172 valence electrons. The number of aromatic nitrogens is 3. The number of ether oxygens (including phenoxy) is 3. The molecule has 0 aliphatic carbocycles. The van der Waals surface area contributed by atoms with Crippen molar-refractivity contribution in [3.05, 3.63) is 48.2 Å². The van der Waals surface area contributed by atoms with E-state index in [0.717, 1.165) is 18.5 Å². The summed E-state index contributed by atoms with van der Waals surface area (Å²) in [7, 11) is -3.23. The van der Waals surface area contributed by atoms with Gasteiger partial charge in [0.1, 0.15) is 6.33 Å². The number of rotatable bonds is 8. The van der Waals surface area contributed by atoms with Gasteiger partial charge in [0.05, 0.1) is 31.4 Å². The molecule has 5 rings (SSSR count). The third kappa shape index (κ3) is 4.43. The summed E-state index contributed by atoms with van der Waals surface area (Å²) in [5.74, 6) is -2.98.